The average molecular weight is 260 g/mol. The maximum atomic E-state index is 5.81. The molecule has 0 fully saturated rings. The summed E-state index contributed by atoms with van der Waals surface area (Å²) in [6, 6.07) is 0. The van der Waals surface area contributed by atoms with E-state index in [2.05, 4.69) is 34.6 Å². The van der Waals surface area contributed by atoms with Crippen LogP contribution in [0, 0.1) is 5.92 Å². The Balaban J connectivity index is 3.83. The Morgan fingerprint density at radius 1 is 0.889 bits per heavy atom. The SMILES string of the molecule is CCCCOC(COCC(C)C)COC(C)CC. The highest BCUT2D eigenvalue weighted by Gasteiger charge is 2.12. The molecule has 110 valence electrons. The van der Waals surface area contributed by atoms with Gasteiger partial charge in [0.2, 0.25) is 0 Å². The van der Waals surface area contributed by atoms with E-state index in [0.29, 0.717) is 25.2 Å². The summed E-state index contributed by atoms with van der Waals surface area (Å²) in [6.07, 6.45) is 3.67. The highest BCUT2D eigenvalue weighted by atomic mass is 16.6. The molecule has 0 amide bonds. The van der Waals surface area contributed by atoms with Crippen molar-refractivity contribution in [2.45, 2.75) is 66.1 Å². The van der Waals surface area contributed by atoms with Crippen LogP contribution in [0.3, 0.4) is 0 Å². The van der Waals surface area contributed by atoms with Crippen molar-refractivity contribution in [1.29, 1.82) is 0 Å². The number of hydrogen-bond acceptors (Lipinski definition) is 3. The minimum Gasteiger partial charge on any atom is -0.378 e. The second-order valence-corrected chi connectivity index (χ2v) is 5.33. The summed E-state index contributed by atoms with van der Waals surface area (Å²) in [5.41, 5.74) is 0. The normalized spacial score (nSPS) is 15.0. The van der Waals surface area contributed by atoms with Crippen molar-refractivity contribution in [3.05, 3.63) is 0 Å². The van der Waals surface area contributed by atoms with Gasteiger partial charge in [-0.1, -0.05) is 34.1 Å². The average Bonchev–Trinajstić information content (AvgIpc) is 2.34. The highest BCUT2D eigenvalue weighted by Crippen LogP contribution is 2.04. The summed E-state index contributed by atoms with van der Waals surface area (Å²) in [4.78, 5) is 0. The summed E-state index contributed by atoms with van der Waals surface area (Å²) in [5.74, 6) is 0.566. The standard InChI is InChI=1S/C15H32O3/c1-6-8-9-17-15(11-16-10-13(3)4)12-18-14(5)7-2/h13-15H,6-12H2,1-5H3. The van der Waals surface area contributed by atoms with Gasteiger partial charge < -0.3 is 14.2 Å². The maximum absolute atomic E-state index is 5.81. The molecule has 0 saturated carbocycles. The van der Waals surface area contributed by atoms with Crippen molar-refractivity contribution < 1.29 is 14.2 Å². The van der Waals surface area contributed by atoms with Crippen LogP contribution >= 0.6 is 0 Å². The fourth-order valence-electron chi connectivity index (χ4n) is 1.36. The zero-order valence-electron chi connectivity index (χ0n) is 12.9. The third-order valence-electron chi connectivity index (χ3n) is 2.75. The Morgan fingerprint density at radius 3 is 2.17 bits per heavy atom. The molecule has 0 N–H and O–H groups in total. The first-order valence-electron chi connectivity index (χ1n) is 7.41. The zero-order chi connectivity index (χ0) is 13.8. The summed E-state index contributed by atoms with van der Waals surface area (Å²) in [6.45, 7) is 13.6. The fourth-order valence-corrected chi connectivity index (χ4v) is 1.36. The van der Waals surface area contributed by atoms with Crippen LogP contribution in [0.2, 0.25) is 0 Å². The molecule has 0 aromatic rings. The molecule has 0 rings (SSSR count). The van der Waals surface area contributed by atoms with Gasteiger partial charge in [-0.25, -0.2) is 0 Å². The van der Waals surface area contributed by atoms with E-state index in [-0.39, 0.29) is 6.10 Å². The van der Waals surface area contributed by atoms with Crippen LogP contribution in [-0.4, -0.2) is 38.6 Å². The van der Waals surface area contributed by atoms with Gasteiger partial charge in [0.1, 0.15) is 6.10 Å². The van der Waals surface area contributed by atoms with Crippen LogP contribution in [0.4, 0.5) is 0 Å². The van der Waals surface area contributed by atoms with Gasteiger partial charge >= 0.3 is 0 Å². The largest absolute Gasteiger partial charge is 0.378 e. The van der Waals surface area contributed by atoms with E-state index in [1.807, 2.05) is 0 Å². The van der Waals surface area contributed by atoms with E-state index in [9.17, 15) is 0 Å². The minimum atomic E-state index is 0.0734. The van der Waals surface area contributed by atoms with Gasteiger partial charge in [0.25, 0.3) is 0 Å². The van der Waals surface area contributed by atoms with Gasteiger partial charge in [-0.2, -0.15) is 0 Å². The van der Waals surface area contributed by atoms with Crippen molar-refractivity contribution in [3.8, 4) is 0 Å². The molecule has 0 aromatic carbocycles. The van der Waals surface area contributed by atoms with E-state index in [4.69, 9.17) is 14.2 Å². The summed E-state index contributed by atoms with van der Waals surface area (Å²) >= 11 is 0. The first-order valence-corrected chi connectivity index (χ1v) is 7.41. The Hall–Kier alpha value is -0.120. The van der Waals surface area contributed by atoms with Crippen LogP contribution in [0.15, 0.2) is 0 Å². The van der Waals surface area contributed by atoms with Crippen LogP contribution in [-0.2, 0) is 14.2 Å². The third kappa shape index (κ3) is 11.0. The zero-order valence-corrected chi connectivity index (χ0v) is 12.9. The van der Waals surface area contributed by atoms with Gasteiger partial charge in [-0.05, 0) is 25.7 Å². The lowest BCUT2D eigenvalue weighted by molar-refractivity contribution is -0.0778. The Bertz CT molecular complexity index is 171. The molecule has 0 bridgehead atoms. The highest BCUT2D eigenvalue weighted by molar-refractivity contribution is 4.58. The molecule has 18 heavy (non-hydrogen) atoms. The lowest BCUT2D eigenvalue weighted by Crippen LogP contribution is -2.28. The molecule has 0 radical (unpaired) electrons. The van der Waals surface area contributed by atoms with Crippen molar-refractivity contribution in [3.63, 3.8) is 0 Å². The minimum absolute atomic E-state index is 0.0734. The van der Waals surface area contributed by atoms with Crippen LogP contribution < -0.4 is 0 Å². The molecule has 2 atom stereocenters. The predicted molar refractivity (Wildman–Crippen MR) is 76.0 cm³/mol. The molecule has 0 saturated heterocycles. The van der Waals surface area contributed by atoms with E-state index in [1.54, 1.807) is 0 Å². The molecule has 3 nitrogen and oxygen atoms in total. The topological polar surface area (TPSA) is 27.7 Å². The number of ether oxygens (including phenoxy) is 3. The fraction of sp³-hybridized carbons (Fsp3) is 1.00. The molecule has 2 unspecified atom stereocenters. The number of unbranched alkanes of at least 4 members (excludes halogenated alkanes) is 1. The van der Waals surface area contributed by atoms with Crippen molar-refractivity contribution in [1.82, 2.24) is 0 Å². The monoisotopic (exact) mass is 260 g/mol. The molecule has 0 heterocycles. The molecule has 3 heteroatoms. The van der Waals surface area contributed by atoms with Gasteiger partial charge in [0.05, 0.1) is 19.3 Å². The van der Waals surface area contributed by atoms with Crippen LogP contribution in [0.5, 0.6) is 0 Å². The molecule has 0 spiro atoms. The lowest BCUT2D eigenvalue weighted by atomic mass is 10.2. The third-order valence-corrected chi connectivity index (χ3v) is 2.75. The molecular formula is C15H32O3. The lowest BCUT2D eigenvalue weighted by Gasteiger charge is -2.21. The Labute approximate surface area is 113 Å². The smallest absolute Gasteiger partial charge is 0.104 e. The second kappa shape index (κ2) is 11.9. The van der Waals surface area contributed by atoms with Crippen molar-refractivity contribution in [2.75, 3.05) is 26.4 Å². The van der Waals surface area contributed by atoms with E-state index in [1.165, 1.54) is 0 Å². The van der Waals surface area contributed by atoms with Gasteiger partial charge in [0, 0.05) is 13.2 Å². The second-order valence-electron chi connectivity index (χ2n) is 5.33. The molecule has 0 aliphatic carbocycles. The molecule has 0 aromatic heterocycles. The Morgan fingerprint density at radius 2 is 1.61 bits per heavy atom. The quantitative estimate of drug-likeness (QED) is 0.501. The first kappa shape index (κ1) is 17.9. The Kier molecular flexibility index (Phi) is 11.9. The van der Waals surface area contributed by atoms with E-state index >= 15 is 0 Å². The maximum Gasteiger partial charge on any atom is 0.104 e. The summed E-state index contributed by atoms with van der Waals surface area (Å²) in [7, 11) is 0. The first-order chi connectivity index (χ1) is 8.60. The molecular weight excluding hydrogens is 228 g/mol. The number of hydrogen-bond donors (Lipinski definition) is 0. The van der Waals surface area contributed by atoms with Crippen LogP contribution in [0.1, 0.15) is 53.9 Å². The van der Waals surface area contributed by atoms with Crippen molar-refractivity contribution >= 4 is 0 Å². The van der Waals surface area contributed by atoms with Gasteiger partial charge in [0.15, 0.2) is 0 Å². The van der Waals surface area contributed by atoms with E-state index < -0.39 is 0 Å². The molecule has 0 aliphatic heterocycles. The predicted octanol–water partition coefficient (Wildman–Crippen LogP) is 3.66. The van der Waals surface area contributed by atoms with Gasteiger partial charge in [-0.15, -0.1) is 0 Å². The molecule has 0 aliphatic rings. The number of rotatable bonds is 12. The summed E-state index contributed by atoms with van der Waals surface area (Å²) < 4.78 is 17.2. The van der Waals surface area contributed by atoms with Crippen LogP contribution in [0.25, 0.3) is 0 Å². The van der Waals surface area contributed by atoms with E-state index in [0.717, 1.165) is 32.5 Å². The van der Waals surface area contributed by atoms with Crippen molar-refractivity contribution in [2.24, 2.45) is 5.92 Å². The summed E-state index contributed by atoms with van der Waals surface area (Å²) in [5, 5.41) is 0. The van der Waals surface area contributed by atoms with Gasteiger partial charge in [-0.3, -0.25) is 0 Å².